The number of nitrogens with one attached hydrogen (secondary N) is 1. The number of carbonyl (C=O) groups is 1. The van der Waals surface area contributed by atoms with Crippen molar-refractivity contribution in [3.8, 4) is 5.75 Å². The molecule has 3 rings (SSSR count). The van der Waals surface area contributed by atoms with Crippen molar-refractivity contribution in [3.63, 3.8) is 0 Å². The van der Waals surface area contributed by atoms with E-state index in [0.717, 1.165) is 0 Å². The second-order valence-electron chi connectivity index (χ2n) is 5.56. The molecule has 132 valence electrons. The third-order valence-electron chi connectivity index (χ3n) is 3.94. The van der Waals surface area contributed by atoms with Crippen LogP contribution in [-0.2, 0) is 10.0 Å². The summed E-state index contributed by atoms with van der Waals surface area (Å²) in [4.78, 5) is 12.4. The summed E-state index contributed by atoms with van der Waals surface area (Å²) in [5.74, 6) is 0.144. The van der Waals surface area contributed by atoms with Crippen LogP contribution in [0.4, 0.5) is 11.4 Å². The van der Waals surface area contributed by atoms with Crippen molar-refractivity contribution in [1.29, 1.82) is 0 Å². The number of halogens is 1. The van der Waals surface area contributed by atoms with Crippen molar-refractivity contribution in [3.05, 3.63) is 53.1 Å². The lowest BCUT2D eigenvalue weighted by atomic mass is 10.2. The number of rotatable bonds is 4. The largest absolute Gasteiger partial charge is 0.494 e. The molecule has 0 saturated carbocycles. The van der Waals surface area contributed by atoms with Gasteiger partial charge in [0.05, 0.1) is 34.8 Å². The maximum atomic E-state index is 12.4. The fraction of sp³-hybridized carbons (Fsp3) is 0.235. The molecule has 6 nitrogen and oxygen atoms in total. The molecular weight excluding hydrogens is 364 g/mol. The van der Waals surface area contributed by atoms with Gasteiger partial charge >= 0.3 is 0 Å². The third-order valence-corrected chi connectivity index (χ3v) is 6.14. The maximum Gasteiger partial charge on any atom is 0.257 e. The number of benzene rings is 2. The molecular formula is C17H17ClN2O4S. The monoisotopic (exact) mass is 380 g/mol. The SMILES string of the molecule is COc1cc(N2CCCS2(=O)=O)ccc1NC(=O)c1ccccc1Cl. The number of ether oxygens (including phenoxy) is 1. The fourth-order valence-electron chi connectivity index (χ4n) is 2.70. The van der Waals surface area contributed by atoms with Crippen molar-refractivity contribution in [2.45, 2.75) is 6.42 Å². The van der Waals surface area contributed by atoms with Gasteiger partial charge in [0.1, 0.15) is 5.75 Å². The molecule has 1 aliphatic rings. The lowest BCUT2D eigenvalue weighted by Crippen LogP contribution is -2.25. The first-order chi connectivity index (χ1) is 11.9. The Balaban J connectivity index is 1.88. The van der Waals surface area contributed by atoms with Gasteiger partial charge in [0.25, 0.3) is 5.91 Å². The smallest absolute Gasteiger partial charge is 0.257 e. The summed E-state index contributed by atoms with van der Waals surface area (Å²) in [5.41, 5.74) is 1.30. The molecule has 0 atom stereocenters. The average Bonchev–Trinajstić information content (AvgIpc) is 2.94. The van der Waals surface area contributed by atoms with E-state index in [2.05, 4.69) is 5.32 Å². The van der Waals surface area contributed by atoms with Gasteiger partial charge in [-0.3, -0.25) is 9.10 Å². The van der Waals surface area contributed by atoms with Crippen LogP contribution in [0.2, 0.25) is 5.02 Å². The summed E-state index contributed by atoms with van der Waals surface area (Å²) in [6.45, 7) is 0.441. The topological polar surface area (TPSA) is 75.7 Å². The van der Waals surface area contributed by atoms with E-state index in [9.17, 15) is 13.2 Å². The minimum atomic E-state index is -3.28. The van der Waals surface area contributed by atoms with E-state index in [1.54, 1.807) is 42.5 Å². The molecule has 0 radical (unpaired) electrons. The summed E-state index contributed by atoms with van der Waals surface area (Å²) < 4.78 is 30.8. The van der Waals surface area contributed by atoms with Gasteiger partial charge in [-0.1, -0.05) is 23.7 Å². The van der Waals surface area contributed by atoms with Gasteiger partial charge in [-0.05, 0) is 30.7 Å². The van der Waals surface area contributed by atoms with E-state index >= 15 is 0 Å². The molecule has 8 heteroatoms. The zero-order chi connectivity index (χ0) is 18.0. The highest BCUT2D eigenvalue weighted by Gasteiger charge is 2.29. The van der Waals surface area contributed by atoms with E-state index in [-0.39, 0.29) is 11.7 Å². The van der Waals surface area contributed by atoms with Crippen LogP contribution in [-0.4, -0.2) is 33.7 Å². The summed E-state index contributed by atoms with van der Waals surface area (Å²) in [6, 6.07) is 11.6. The van der Waals surface area contributed by atoms with E-state index < -0.39 is 10.0 Å². The van der Waals surface area contributed by atoms with E-state index in [1.165, 1.54) is 11.4 Å². The molecule has 1 N–H and O–H groups in total. The van der Waals surface area contributed by atoms with Crippen LogP contribution in [0.15, 0.2) is 42.5 Å². The highest BCUT2D eigenvalue weighted by Crippen LogP contribution is 2.33. The van der Waals surface area contributed by atoms with E-state index in [0.29, 0.717) is 40.7 Å². The molecule has 0 spiro atoms. The highest BCUT2D eigenvalue weighted by atomic mass is 35.5. The Hall–Kier alpha value is -2.25. The van der Waals surface area contributed by atoms with Gasteiger partial charge in [-0.25, -0.2) is 8.42 Å². The minimum absolute atomic E-state index is 0.139. The molecule has 1 amide bonds. The minimum Gasteiger partial charge on any atom is -0.494 e. The number of hydrogen-bond donors (Lipinski definition) is 1. The predicted octanol–water partition coefficient (Wildman–Crippen LogP) is 3.14. The van der Waals surface area contributed by atoms with E-state index in [4.69, 9.17) is 16.3 Å². The molecule has 1 fully saturated rings. The molecule has 2 aromatic rings. The molecule has 0 aromatic heterocycles. The first kappa shape index (κ1) is 17.6. The van der Waals surface area contributed by atoms with Crippen molar-refractivity contribution >= 4 is 38.9 Å². The van der Waals surface area contributed by atoms with Crippen molar-refractivity contribution in [2.24, 2.45) is 0 Å². The number of carbonyl (C=O) groups excluding carboxylic acids is 1. The number of nitrogens with zero attached hydrogens (tertiary/aromatic N) is 1. The summed E-state index contributed by atoms with van der Waals surface area (Å²) in [7, 11) is -1.82. The molecule has 0 bridgehead atoms. The number of anilines is 2. The van der Waals surface area contributed by atoms with E-state index in [1.807, 2.05) is 0 Å². The fourth-order valence-corrected chi connectivity index (χ4v) is 4.48. The van der Waals surface area contributed by atoms with Crippen LogP contribution in [0.5, 0.6) is 5.75 Å². The molecule has 1 aliphatic heterocycles. The summed E-state index contributed by atoms with van der Waals surface area (Å²) in [6.07, 6.45) is 0.593. The zero-order valence-electron chi connectivity index (χ0n) is 13.5. The normalized spacial score (nSPS) is 15.8. The predicted molar refractivity (Wildman–Crippen MR) is 98.1 cm³/mol. The van der Waals surface area contributed by atoms with Gasteiger partial charge in [-0.15, -0.1) is 0 Å². The molecule has 1 saturated heterocycles. The first-order valence-electron chi connectivity index (χ1n) is 7.67. The Morgan fingerprint density at radius 3 is 2.64 bits per heavy atom. The molecule has 0 unspecified atom stereocenters. The summed E-state index contributed by atoms with van der Waals surface area (Å²) >= 11 is 6.04. The van der Waals surface area contributed by atoms with Crippen molar-refractivity contribution < 1.29 is 17.9 Å². The van der Waals surface area contributed by atoms with Gasteiger partial charge < -0.3 is 10.1 Å². The standard InChI is InChI=1S/C17H17ClN2O4S/c1-24-16-11-12(20-9-4-10-25(20,22)23)7-8-15(16)19-17(21)13-5-2-3-6-14(13)18/h2-3,5-8,11H,4,9-10H2,1H3,(H,19,21). The van der Waals surface area contributed by atoms with Crippen LogP contribution in [0, 0.1) is 0 Å². The maximum absolute atomic E-state index is 12.4. The Kier molecular flexibility index (Phi) is 4.87. The molecule has 0 aliphatic carbocycles. The Morgan fingerprint density at radius 2 is 2.00 bits per heavy atom. The quantitative estimate of drug-likeness (QED) is 0.884. The van der Waals surface area contributed by atoms with Crippen molar-refractivity contribution in [1.82, 2.24) is 0 Å². The van der Waals surface area contributed by atoms with Crippen LogP contribution in [0.1, 0.15) is 16.8 Å². The van der Waals surface area contributed by atoms with Gasteiger partial charge in [0.2, 0.25) is 10.0 Å². The number of amides is 1. The Bertz CT molecular complexity index is 915. The zero-order valence-corrected chi connectivity index (χ0v) is 15.1. The number of sulfonamides is 1. The van der Waals surface area contributed by atoms with Gasteiger partial charge in [-0.2, -0.15) is 0 Å². The second-order valence-corrected chi connectivity index (χ2v) is 7.98. The molecule has 25 heavy (non-hydrogen) atoms. The van der Waals surface area contributed by atoms with Gasteiger partial charge in [0, 0.05) is 12.6 Å². The molecule has 2 aromatic carbocycles. The van der Waals surface area contributed by atoms with Crippen LogP contribution in [0.3, 0.4) is 0 Å². The number of hydrogen-bond acceptors (Lipinski definition) is 4. The molecule has 1 heterocycles. The first-order valence-corrected chi connectivity index (χ1v) is 9.65. The van der Waals surface area contributed by atoms with Gasteiger partial charge in [0.15, 0.2) is 0 Å². The van der Waals surface area contributed by atoms with Crippen LogP contribution in [0.25, 0.3) is 0 Å². The van der Waals surface area contributed by atoms with Crippen LogP contribution >= 0.6 is 11.6 Å². The third kappa shape index (κ3) is 3.57. The lowest BCUT2D eigenvalue weighted by molar-refractivity contribution is 0.102. The number of methoxy groups -OCH3 is 1. The Labute approximate surface area is 151 Å². The van der Waals surface area contributed by atoms with Crippen molar-refractivity contribution in [2.75, 3.05) is 29.0 Å². The Morgan fingerprint density at radius 1 is 1.24 bits per heavy atom. The average molecular weight is 381 g/mol. The summed E-state index contributed by atoms with van der Waals surface area (Å²) in [5, 5.41) is 3.09. The highest BCUT2D eigenvalue weighted by molar-refractivity contribution is 7.93. The van der Waals surface area contributed by atoms with Crippen LogP contribution < -0.4 is 14.4 Å². The lowest BCUT2D eigenvalue weighted by Gasteiger charge is -2.19. The second kappa shape index (κ2) is 6.93.